The molecule has 0 spiro atoms. The van der Waals surface area contributed by atoms with E-state index in [1.54, 1.807) is 43.6 Å². The molecular formula is C15H16N2O3. The van der Waals surface area contributed by atoms with Gasteiger partial charge in [0, 0.05) is 23.9 Å². The molecule has 0 bridgehead atoms. The van der Waals surface area contributed by atoms with Gasteiger partial charge in [0.05, 0.1) is 0 Å². The van der Waals surface area contributed by atoms with Gasteiger partial charge in [-0.3, -0.25) is 9.78 Å². The lowest BCUT2D eigenvalue weighted by molar-refractivity contribution is -0.119. The molecule has 2 rings (SSSR count). The molecule has 1 unspecified atom stereocenters. The molecule has 2 aromatic rings. The lowest BCUT2D eigenvalue weighted by atomic mass is 10.1. The fourth-order valence-corrected chi connectivity index (χ4v) is 1.61. The summed E-state index contributed by atoms with van der Waals surface area (Å²) in [6.07, 6.45) is 3.96. The molecule has 5 nitrogen and oxygen atoms in total. The number of amides is 1. The summed E-state index contributed by atoms with van der Waals surface area (Å²) in [5, 5.41) is 2.58. The highest BCUT2D eigenvalue weighted by Gasteiger charge is 2.13. The number of aromatic nitrogens is 1. The quantitative estimate of drug-likeness (QED) is 0.928. The number of hydrogen-bond donors (Lipinski definition) is 1. The first-order chi connectivity index (χ1) is 9.61. The topological polar surface area (TPSA) is 72.2 Å². The zero-order valence-electron chi connectivity index (χ0n) is 11.4. The maximum absolute atomic E-state index is 11.9. The molecule has 2 heterocycles. The summed E-state index contributed by atoms with van der Waals surface area (Å²) in [6, 6.07) is 6.75. The van der Waals surface area contributed by atoms with Gasteiger partial charge in [0.25, 0.3) is 0 Å². The van der Waals surface area contributed by atoms with E-state index >= 15 is 0 Å². The molecule has 0 aromatic carbocycles. The third-order valence-electron chi connectivity index (χ3n) is 3.09. The molecule has 0 aliphatic rings. The third kappa shape index (κ3) is 3.12. The smallest absolute Gasteiger partial charge is 0.360 e. The Labute approximate surface area is 116 Å². The van der Waals surface area contributed by atoms with Crippen molar-refractivity contribution in [1.29, 1.82) is 0 Å². The number of hydrogen-bond acceptors (Lipinski definition) is 4. The van der Waals surface area contributed by atoms with Crippen molar-refractivity contribution in [2.24, 2.45) is 5.92 Å². The Morgan fingerprint density at radius 1 is 1.40 bits per heavy atom. The van der Waals surface area contributed by atoms with Crippen molar-refractivity contribution >= 4 is 11.6 Å². The van der Waals surface area contributed by atoms with E-state index in [0.29, 0.717) is 17.7 Å². The van der Waals surface area contributed by atoms with Crippen LogP contribution in [0, 0.1) is 5.92 Å². The summed E-state index contributed by atoms with van der Waals surface area (Å²) >= 11 is 0. The normalized spacial score (nSPS) is 11.9. The van der Waals surface area contributed by atoms with Gasteiger partial charge in [-0.15, -0.1) is 0 Å². The van der Waals surface area contributed by atoms with Gasteiger partial charge < -0.3 is 9.73 Å². The predicted octanol–water partition coefficient (Wildman–Crippen LogP) is 2.69. The zero-order valence-corrected chi connectivity index (χ0v) is 11.4. The van der Waals surface area contributed by atoms with Gasteiger partial charge in [-0.1, -0.05) is 13.8 Å². The van der Waals surface area contributed by atoms with Crippen LogP contribution in [0.15, 0.2) is 45.9 Å². The Morgan fingerprint density at radius 3 is 2.80 bits per heavy atom. The van der Waals surface area contributed by atoms with Crippen LogP contribution < -0.4 is 10.9 Å². The van der Waals surface area contributed by atoms with Gasteiger partial charge in [-0.2, -0.15) is 0 Å². The molecule has 2 aromatic heterocycles. The molecule has 0 fully saturated rings. The van der Waals surface area contributed by atoms with E-state index in [4.69, 9.17) is 4.42 Å². The van der Waals surface area contributed by atoms with Gasteiger partial charge >= 0.3 is 5.63 Å². The largest absolute Gasteiger partial charge is 0.421 e. The van der Waals surface area contributed by atoms with Crippen molar-refractivity contribution in [1.82, 2.24) is 4.98 Å². The monoisotopic (exact) mass is 272 g/mol. The van der Waals surface area contributed by atoms with Crippen LogP contribution in [0.3, 0.4) is 0 Å². The van der Waals surface area contributed by atoms with Crippen molar-refractivity contribution in [3.8, 4) is 11.3 Å². The van der Waals surface area contributed by atoms with Crippen LogP contribution in [0.25, 0.3) is 11.3 Å². The molecule has 0 aliphatic heterocycles. The van der Waals surface area contributed by atoms with E-state index in [-0.39, 0.29) is 17.5 Å². The highest BCUT2D eigenvalue weighted by Crippen LogP contribution is 2.17. The minimum absolute atomic E-state index is 0.146. The number of rotatable bonds is 4. The Bertz CT molecular complexity index is 650. The fraction of sp³-hybridized carbons (Fsp3) is 0.267. The second-order valence-corrected chi connectivity index (χ2v) is 4.54. The summed E-state index contributed by atoms with van der Waals surface area (Å²) in [6.45, 7) is 3.72. The first-order valence-corrected chi connectivity index (χ1v) is 6.47. The minimum atomic E-state index is -0.567. The van der Waals surface area contributed by atoms with Crippen molar-refractivity contribution in [3.05, 3.63) is 47.1 Å². The Morgan fingerprint density at radius 2 is 2.20 bits per heavy atom. The van der Waals surface area contributed by atoms with E-state index in [1.807, 2.05) is 6.92 Å². The predicted molar refractivity (Wildman–Crippen MR) is 76.3 cm³/mol. The Hall–Kier alpha value is -2.43. The summed E-state index contributed by atoms with van der Waals surface area (Å²) < 4.78 is 5.20. The summed E-state index contributed by atoms with van der Waals surface area (Å²) in [5.74, 6) is 0.0889. The maximum Gasteiger partial charge on any atom is 0.360 e. The molecule has 1 atom stereocenters. The Kier molecular flexibility index (Phi) is 4.30. The lowest BCUT2D eigenvalue weighted by Crippen LogP contribution is -2.23. The number of carbonyl (C=O) groups excluding carboxylic acids is 1. The summed E-state index contributed by atoms with van der Waals surface area (Å²) in [7, 11) is 0. The summed E-state index contributed by atoms with van der Waals surface area (Å²) in [5.41, 5.74) is 0.301. The molecule has 1 amide bonds. The minimum Gasteiger partial charge on any atom is -0.421 e. The van der Waals surface area contributed by atoms with Gasteiger partial charge in [0.1, 0.15) is 11.4 Å². The van der Waals surface area contributed by atoms with Crippen LogP contribution in [0.5, 0.6) is 0 Å². The van der Waals surface area contributed by atoms with Crippen LogP contribution >= 0.6 is 0 Å². The van der Waals surface area contributed by atoms with Crippen LogP contribution in [0.1, 0.15) is 20.3 Å². The van der Waals surface area contributed by atoms with Crippen LogP contribution in [-0.2, 0) is 4.79 Å². The van der Waals surface area contributed by atoms with Crippen LogP contribution in [-0.4, -0.2) is 10.9 Å². The van der Waals surface area contributed by atoms with Crippen molar-refractivity contribution in [3.63, 3.8) is 0 Å². The molecule has 104 valence electrons. The van der Waals surface area contributed by atoms with Crippen molar-refractivity contribution < 1.29 is 9.21 Å². The molecule has 0 radical (unpaired) electrons. The average molecular weight is 272 g/mol. The number of pyridine rings is 1. The fourth-order valence-electron chi connectivity index (χ4n) is 1.61. The first-order valence-electron chi connectivity index (χ1n) is 6.47. The molecule has 5 heteroatoms. The highest BCUT2D eigenvalue weighted by atomic mass is 16.4. The molecule has 1 N–H and O–H groups in total. The molecule has 0 saturated heterocycles. The molecular weight excluding hydrogens is 256 g/mol. The lowest BCUT2D eigenvalue weighted by Gasteiger charge is -2.09. The van der Waals surface area contributed by atoms with E-state index in [0.717, 1.165) is 0 Å². The number of carbonyl (C=O) groups is 1. The number of anilines is 1. The van der Waals surface area contributed by atoms with Gasteiger partial charge in [0.2, 0.25) is 5.91 Å². The molecule has 0 aliphatic carbocycles. The molecule has 0 saturated carbocycles. The van der Waals surface area contributed by atoms with E-state index in [9.17, 15) is 9.59 Å². The van der Waals surface area contributed by atoms with Gasteiger partial charge in [-0.05, 0) is 30.7 Å². The van der Waals surface area contributed by atoms with Crippen LogP contribution in [0.4, 0.5) is 5.69 Å². The summed E-state index contributed by atoms with van der Waals surface area (Å²) in [4.78, 5) is 27.6. The number of nitrogens with zero attached hydrogens (tertiary/aromatic N) is 1. The number of nitrogens with one attached hydrogen (secondary N) is 1. The Balaban J connectivity index is 2.23. The first kappa shape index (κ1) is 14.0. The third-order valence-corrected chi connectivity index (χ3v) is 3.09. The second-order valence-electron chi connectivity index (χ2n) is 4.54. The maximum atomic E-state index is 11.9. The molecule has 20 heavy (non-hydrogen) atoms. The van der Waals surface area contributed by atoms with E-state index < -0.39 is 5.63 Å². The zero-order chi connectivity index (χ0) is 14.5. The van der Waals surface area contributed by atoms with Gasteiger partial charge in [-0.25, -0.2) is 4.79 Å². The average Bonchev–Trinajstić information content (AvgIpc) is 2.49. The van der Waals surface area contributed by atoms with Gasteiger partial charge in [0.15, 0.2) is 0 Å². The van der Waals surface area contributed by atoms with Crippen molar-refractivity contribution in [2.45, 2.75) is 20.3 Å². The highest BCUT2D eigenvalue weighted by molar-refractivity contribution is 5.92. The van der Waals surface area contributed by atoms with E-state index in [1.165, 1.54) is 0 Å². The second kappa shape index (κ2) is 6.14. The van der Waals surface area contributed by atoms with Crippen LogP contribution in [0.2, 0.25) is 0 Å². The van der Waals surface area contributed by atoms with Crippen molar-refractivity contribution in [2.75, 3.05) is 5.32 Å². The standard InChI is InChI=1S/C15H16N2O3/c1-3-10(2)14(18)17-12-6-7-13(20-15(12)19)11-5-4-8-16-9-11/h4-10H,3H2,1-2H3,(H,17,18). The van der Waals surface area contributed by atoms with E-state index in [2.05, 4.69) is 10.3 Å². The SMILES string of the molecule is CCC(C)C(=O)Nc1ccc(-c2cccnc2)oc1=O.